The van der Waals surface area contributed by atoms with Crippen molar-refractivity contribution < 1.29 is 14.2 Å². The summed E-state index contributed by atoms with van der Waals surface area (Å²) in [6.07, 6.45) is 6.39. The molecule has 1 amide bonds. The number of carbonyl (C=O) groups is 1. The van der Waals surface area contributed by atoms with E-state index in [2.05, 4.69) is 36.1 Å². The number of aromatic nitrogens is 5. The minimum atomic E-state index is -0.474. The minimum Gasteiger partial charge on any atom is -0.496 e. The van der Waals surface area contributed by atoms with E-state index in [9.17, 15) is 4.79 Å². The molecule has 0 bridgehead atoms. The standard InChI is InChI=1S/C23H31N9O3/c1-15(13-16-9-7-8-12-19(16)34-3)25-27-23(33)20-18(14-31(2)17-10-5-4-6-11-17)32(30-26-20)22-21(24)28-35-29-22/h7-9,12,17H,4-6,10-11,13-14H2,1-3H3,(H2,24,28)(H,27,33)/b25-15+. The molecule has 0 atom stereocenters. The van der Waals surface area contributed by atoms with Crippen LogP contribution in [0, 0.1) is 0 Å². The SMILES string of the molecule is COc1ccccc1C/C(C)=N/NC(=O)c1nnn(-c2nonc2N)c1CN(C)C1CCCCC1. The molecule has 3 aromatic rings. The lowest BCUT2D eigenvalue weighted by atomic mass is 9.94. The third-order valence-corrected chi connectivity index (χ3v) is 6.26. The molecule has 1 aliphatic rings. The Kier molecular flexibility index (Phi) is 7.70. The maximum atomic E-state index is 13.1. The van der Waals surface area contributed by atoms with Crippen molar-refractivity contribution in [2.24, 2.45) is 5.10 Å². The second kappa shape index (κ2) is 11.1. The van der Waals surface area contributed by atoms with E-state index in [-0.39, 0.29) is 17.3 Å². The number of nitrogens with one attached hydrogen (secondary N) is 1. The number of hydrogen-bond donors (Lipinski definition) is 2. The second-order valence-corrected chi connectivity index (χ2v) is 8.75. The molecule has 2 heterocycles. The molecule has 1 saturated carbocycles. The Balaban J connectivity index is 1.54. The van der Waals surface area contributed by atoms with Gasteiger partial charge in [-0.05, 0) is 48.8 Å². The zero-order chi connectivity index (χ0) is 24.8. The van der Waals surface area contributed by atoms with Gasteiger partial charge in [-0.2, -0.15) is 9.78 Å². The van der Waals surface area contributed by atoms with Gasteiger partial charge in [0.2, 0.25) is 11.6 Å². The molecule has 35 heavy (non-hydrogen) atoms. The van der Waals surface area contributed by atoms with E-state index in [4.69, 9.17) is 15.1 Å². The Morgan fingerprint density at radius 2 is 2.06 bits per heavy atom. The highest BCUT2D eigenvalue weighted by atomic mass is 16.6. The molecule has 3 N–H and O–H groups in total. The van der Waals surface area contributed by atoms with E-state index in [1.54, 1.807) is 7.11 Å². The van der Waals surface area contributed by atoms with Crippen LogP contribution in [0.2, 0.25) is 0 Å². The number of amides is 1. The van der Waals surface area contributed by atoms with E-state index >= 15 is 0 Å². The first-order valence-electron chi connectivity index (χ1n) is 11.7. The quantitative estimate of drug-likeness (QED) is 0.347. The van der Waals surface area contributed by atoms with Crippen molar-refractivity contribution in [3.05, 3.63) is 41.2 Å². The minimum absolute atomic E-state index is 0.0640. The molecule has 0 radical (unpaired) electrons. The summed E-state index contributed by atoms with van der Waals surface area (Å²) in [7, 11) is 3.66. The van der Waals surface area contributed by atoms with E-state index in [0.29, 0.717) is 30.4 Å². The zero-order valence-electron chi connectivity index (χ0n) is 20.3. The van der Waals surface area contributed by atoms with Gasteiger partial charge in [-0.3, -0.25) is 9.69 Å². The molecule has 0 saturated heterocycles. The fourth-order valence-electron chi connectivity index (χ4n) is 4.38. The van der Waals surface area contributed by atoms with Gasteiger partial charge in [-0.25, -0.2) is 10.1 Å². The normalized spacial score (nSPS) is 14.9. The molecule has 186 valence electrons. The first-order valence-corrected chi connectivity index (χ1v) is 11.7. The molecule has 0 aliphatic heterocycles. The second-order valence-electron chi connectivity index (χ2n) is 8.75. The number of benzene rings is 1. The number of methoxy groups -OCH3 is 1. The van der Waals surface area contributed by atoms with Crippen molar-refractivity contribution >= 4 is 17.4 Å². The summed E-state index contributed by atoms with van der Waals surface area (Å²) < 4.78 is 11.5. The lowest BCUT2D eigenvalue weighted by Crippen LogP contribution is -2.34. The van der Waals surface area contributed by atoms with Gasteiger partial charge in [0.25, 0.3) is 5.91 Å². The van der Waals surface area contributed by atoms with Crippen LogP contribution in [0.4, 0.5) is 5.82 Å². The molecule has 0 unspecified atom stereocenters. The maximum absolute atomic E-state index is 13.1. The molecule has 4 rings (SSSR count). The predicted octanol–water partition coefficient (Wildman–Crippen LogP) is 2.35. The Morgan fingerprint density at radius 3 is 2.77 bits per heavy atom. The molecule has 12 heteroatoms. The van der Waals surface area contributed by atoms with Crippen molar-refractivity contribution in [2.45, 2.75) is 58.0 Å². The summed E-state index contributed by atoms with van der Waals surface area (Å²) in [4.78, 5) is 15.3. The lowest BCUT2D eigenvalue weighted by molar-refractivity contribution is 0.0946. The summed E-state index contributed by atoms with van der Waals surface area (Å²) >= 11 is 0. The van der Waals surface area contributed by atoms with E-state index in [1.165, 1.54) is 23.9 Å². The summed E-state index contributed by atoms with van der Waals surface area (Å²) in [5.74, 6) is 0.550. The third-order valence-electron chi connectivity index (χ3n) is 6.26. The molecule has 1 aromatic carbocycles. The fraction of sp³-hybridized carbons (Fsp3) is 0.478. The van der Waals surface area contributed by atoms with Crippen molar-refractivity contribution in [3.63, 3.8) is 0 Å². The molecule has 1 aliphatic carbocycles. The number of hydrogen-bond acceptors (Lipinski definition) is 10. The van der Waals surface area contributed by atoms with Gasteiger partial charge in [-0.1, -0.05) is 42.7 Å². The van der Waals surface area contributed by atoms with Gasteiger partial charge < -0.3 is 10.5 Å². The van der Waals surface area contributed by atoms with Gasteiger partial charge in [-0.15, -0.1) is 5.10 Å². The van der Waals surface area contributed by atoms with Crippen LogP contribution < -0.4 is 15.9 Å². The molecular weight excluding hydrogens is 450 g/mol. The van der Waals surface area contributed by atoms with Crippen LogP contribution in [-0.4, -0.2) is 62.0 Å². The highest BCUT2D eigenvalue weighted by Crippen LogP contribution is 2.24. The molecular formula is C23H31N9O3. The van der Waals surface area contributed by atoms with Crippen LogP contribution in [0.25, 0.3) is 5.82 Å². The smallest absolute Gasteiger partial charge is 0.293 e. The third kappa shape index (κ3) is 5.65. The largest absolute Gasteiger partial charge is 0.496 e. The van der Waals surface area contributed by atoms with Crippen LogP contribution in [0.1, 0.15) is 60.8 Å². The lowest BCUT2D eigenvalue weighted by Gasteiger charge is -2.31. The molecule has 1 fully saturated rings. The summed E-state index contributed by atoms with van der Waals surface area (Å²) in [6.45, 7) is 2.26. The Morgan fingerprint density at radius 1 is 1.29 bits per heavy atom. The van der Waals surface area contributed by atoms with Crippen molar-refractivity contribution in [1.29, 1.82) is 0 Å². The number of ether oxygens (including phenoxy) is 1. The Hall–Kier alpha value is -3.80. The van der Waals surface area contributed by atoms with E-state index < -0.39 is 5.91 Å². The molecule has 12 nitrogen and oxygen atoms in total. The highest BCUT2D eigenvalue weighted by Gasteiger charge is 2.27. The summed E-state index contributed by atoms with van der Waals surface area (Å²) in [5, 5.41) is 20.0. The summed E-state index contributed by atoms with van der Waals surface area (Å²) in [5.41, 5.74) is 10.9. The number of nitrogens with two attached hydrogens (primary N) is 1. The van der Waals surface area contributed by atoms with Gasteiger partial charge in [0.05, 0.1) is 12.8 Å². The van der Waals surface area contributed by atoms with Crippen molar-refractivity contribution in [1.82, 2.24) is 35.6 Å². The van der Waals surface area contributed by atoms with Gasteiger partial charge in [0.1, 0.15) is 5.75 Å². The van der Waals surface area contributed by atoms with Gasteiger partial charge >= 0.3 is 0 Å². The fourth-order valence-corrected chi connectivity index (χ4v) is 4.38. The number of anilines is 1. The number of carbonyl (C=O) groups excluding carboxylic acids is 1. The molecule has 0 spiro atoms. The summed E-state index contributed by atoms with van der Waals surface area (Å²) in [6, 6.07) is 8.10. The number of hydrazone groups is 1. The monoisotopic (exact) mass is 481 g/mol. The average Bonchev–Trinajstić information content (AvgIpc) is 3.49. The highest BCUT2D eigenvalue weighted by molar-refractivity contribution is 5.94. The maximum Gasteiger partial charge on any atom is 0.293 e. The van der Waals surface area contributed by atoms with E-state index in [0.717, 1.165) is 24.2 Å². The van der Waals surface area contributed by atoms with Gasteiger partial charge in [0, 0.05) is 24.7 Å². The first-order chi connectivity index (χ1) is 17.0. The first kappa shape index (κ1) is 24.3. The number of nitrogen functional groups attached to an aromatic ring is 1. The van der Waals surface area contributed by atoms with Crippen molar-refractivity contribution in [2.75, 3.05) is 19.9 Å². The van der Waals surface area contributed by atoms with Crippen LogP contribution in [0.5, 0.6) is 5.75 Å². The van der Waals surface area contributed by atoms with Crippen LogP contribution in [0.15, 0.2) is 34.0 Å². The van der Waals surface area contributed by atoms with Gasteiger partial charge in [0.15, 0.2) is 5.69 Å². The number of nitrogens with zero attached hydrogens (tertiary/aromatic N) is 7. The predicted molar refractivity (Wildman–Crippen MR) is 129 cm³/mol. The Bertz CT molecular complexity index is 1180. The van der Waals surface area contributed by atoms with Crippen LogP contribution in [-0.2, 0) is 13.0 Å². The average molecular weight is 482 g/mol. The Labute approximate surface area is 203 Å². The van der Waals surface area contributed by atoms with Crippen LogP contribution in [0.3, 0.4) is 0 Å². The zero-order valence-corrected chi connectivity index (χ0v) is 20.3. The topological polar surface area (TPSA) is 150 Å². The number of para-hydroxylation sites is 1. The number of rotatable bonds is 9. The van der Waals surface area contributed by atoms with Crippen LogP contribution >= 0.6 is 0 Å². The molecule has 2 aromatic heterocycles. The van der Waals surface area contributed by atoms with Crippen molar-refractivity contribution in [3.8, 4) is 11.6 Å². The van der Waals surface area contributed by atoms with E-state index in [1.807, 2.05) is 38.2 Å².